The first-order valence-corrected chi connectivity index (χ1v) is 7.54. The second kappa shape index (κ2) is 6.71. The summed E-state index contributed by atoms with van der Waals surface area (Å²) in [4.78, 5) is 12.3. The Hall–Kier alpha value is -2.20. The SMILES string of the molecule is Cc1ccc(C(=O)NC(=S)Nc2cc(C)ccc2C)c(C)c1. The lowest BCUT2D eigenvalue weighted by Gasteiger charge is -2.13. The van der Waals surface area contributed by atoms with Crippen LogP contribution in [0, 0.1) is 27.7 Å². The molecule has 0 saturated carbocycles. The van der Waals surface area contributed by atoms with Gasteiger partial charge >= 0.3 is 0 Å². The summed E-state index contributed by atoms with van der Waals surface area (Å²) in [5.74, 6) is -0.194. The Morgan fingerprint density at radius 2 is 1.55 bits per heavy atom. The van der Waals surface area contributed by atoms with Gasteiger partial charge in [-0.2, -0.15) is 0 Å². The summed E-state index contributed by atoms with van der Waals surface area (Å²) in [5, 5.41) is 6.12. The third kappa shape index (κ3) is 3.92. The third-order valence-corrected chi connectivity index (χ3v) is 3.70. The van der Waals surface area contributed by atoms with Crippen LogP contribution in [0.1, 0.15) is 32.6 Å². The first-order valence-electron chi connectivity index (χ1n) is 7.13. The lowest BCUT2D eigenvalue weighted by atomic mass is 10.1. The molecule has 22 heavy (non-hydrogen) atoms. The maximum absolute atomic E-state index is 12.3. The van der Waals surface area contributed by atoms with Gasteiger partial charge in [-0.05, 0) is 68.7 Å². The van der Waals surface area contributed by atoms with Crippen LogP contribution < -0.4 is 10.6 Å². The van der Waals surface area contributed by atoms with Crippen LogP contribution in [0.5, 0.6) is 0 Å². The van der Waals surface area contributed by atoms with E-state index in [2.05, 4.69) is 10.6 Å². The highest BCUT2D eigenvalue weighted by molar-refractivity contribution is 7.80. The molecule has 4 heteroatoms. The van der Waals surface area contributed by atoms with E-state index in [9.17, 15) is 4.79 Å². The number of amides is 1. The van der Waals surface area contributed by atoms with Crippen LogP contribution in [0.25, 0.3) is 0 Å². The van der Waals surface area contributed by atoms with E-state index < -0.39 is 0 Å². The molecule has 0 aromatic heterocycles. The zero-order valence-electron chi connectivity index (χ0n) is 13.3. The van der Waals surface area contributed by atoms with Gasteiger partial charge < -0.3 is 5.32 Å². The van der Waals surface area contributed by atoms with Gasteiger partial charge in [0.05, 0.1) is 0 Å². The van der Waals surface area contributed by atoms with E-state index in [4.69, 9.17) is 12.2 Å². The smallest absolute Gasteiger partial charge is 0.257 e. The molecule has 0 fully saturated rings. The van der Waals surface area contributed by atoms with Crippen molar-refractivity contribution in [2.24, 2.45) is 0 Å². The Morgan fingerprint density at radius 1 is 0.909 bits per heavy atom. The molecule has 0 aliphatic carbocycles. The van der Waals surface area contributed by atoms with Gasteiger partial charge in [0.1, 0.15) is 0 Å². The second-order valence-corrected chi connectivity index (χ2v) is 5.95. The zero-order chi connectivity index (χ0) is 16.3. The Labute approximate surface area is 136 Å². The van der Waals surface area contributed by atoms with E-state index in [0.717, 1.165) is 27.9 Å². The van der Waals surface area contributed by atoms with Gasteiger partial charge in [0.25, 0.3) is 5.91 Å². The Bertz CT molecular complexity index is 738. The Morgan fingerprint density at radius 3 is 2.23 bits per heavy atom. The van der Waals surface area contributed by atoms with Gasteiger partial charge in [-0.3, -0.25) is 10.1 Å². The van der Waals surface area contributed by atoms with E-state index in [1.165, 1.54) is 0 Å². The monoisotopic (exact) mass is 312 g/mol. The highest BCUT2D eigenvalue weighted by atomic mass is 32.1. The van der Waals surface area contributed by atoms with Crippen molar-refractivity contribution in [1.29, 1.82) is 0 Å². The van der Waals surface area contributed by atoms with Crippen molar-refractivity contribution in [1.82, 2.24) is 5.32 Å². The predicted molar refractivity (Wildman–Crippen MR) is 95.5 cm³/mol. The molecule has 0 unspecified atom stereocenters. The van der Waals surface area contributed by atoms with Crippen LogP contribution in [-0.4, -0.2) is 11.0 Å². The largest absolute Gasteiger partial charge is 0.332 e. The van der Waals surface area contributed by atoms with Gasteiger partial charge in [-0.15, -0.1) is 0 Å². The number of carbonyl (C=O) groups is 1. The molecule has 0 aliphatic rings. The Balaban J connectivity index is 2.08. The van der Waals surface area contributed by atoms with E-state index >= 15 is 0 Å². The minimum atomic E-state index is -0.194. The zero-order valence-corrected chi connectivity index (χ0v) is 14.1. The number of benzene rings is 2. The Kier molecular flexibility index (Phi) is 4.93. The van der Waals surface area contributed by atoms with E-state index in [1.54, 1.807) is 0 Å². The molecule has 0 aliphatic heterocycles. The minimum absolute atomic E-state index is 0.194. The summed E-state index contributed by atoms with van der Waals surface area (Å²) < 4.78 is 0. The summed E-state index contributed by atoms with van der Waals surface area (Å²) in [7, 11) is 0. The number of carbonyl (C=O) groups excluding carboxylic acids is 1. The summed E-state index contributed by atoms with van der Waals surface area (Å²) in [6.45, 7) is 7.93. The quantitative estimate of drug-likeness (QED) is 0.822. The normalized spacial score (nSPS) is 10.2. The molecule has 0 radical (unpaired) electrons. The lowest BCUT2D eigenvalue weighted by Crippen LogP contribution is -2.34. The molecule has 3 nitrogen and oxygen atoms in total. The fraction of sp³-hybridized carbons (Fsp3) is 0.222. The van der Waals surface area contributed by atoms with E-state index in [0.29, 0.717) is 10.7 Å². The molecular weight excluding hydrogens is 292 g/mol. The highest BCUT2D eigenvalue weighted by Crippen LogP contribution is 2.16. The van der Waals surface area contributed by atoms with Crippen LogP contribution in [-0.2, 0) is 0 Å². The lowest BCUT2D eigenvalue weighted by molar-refractivity contribution is 0.0977. The van der Waals surface area contributed by atoms with Crippen molar-refractivity contribution in [2.45, 2.75) is 27.7 Å². The average molecular weight is 312 g/mol. The van der Waals surface area contributed by atoms with Gasteiger partial charge in [0.15, 0.2) is 5.11 Å². The average Bonchev–Trinajstić information content (AvgIpc) is 2.42. The standard InChI is InChI=1S/C18H20N2OS/c1-11-6-8-15(14(4)9-11)17(21)20-18(22)19-16-10-12(2)5-7-13(16)3/h5-10H,1-4H3,(H2,19,20,21,22). The molecule has 0 heterocycles. The number of aryl methyl sites for hydroxylation is 4. The summed E-state index contributed by atoms with van der Waals surface area (Å²) in [6, 6.07) is 11.8. The molecule has 1 amide bonds. The number of hydrogen-bond acceptors (Lipinski definition) is 2. The minimum Gasteiger partial charge on any atom is -0.332 e. The maximum atomic E-state index is 12.3. The fourth-order valence-electron chi connectivity index (χ4n) is 2.26. The topological polar surface area (TPSA) is 41.1 Å². The first-order chi connectivity index (χ1) is 10.4. The highest BCUT2D eigenvalue weighted by Gasteiger charge is 2.11. The predicted octanol–water partition coefficient (Wildman–Crippen LogP) is 4.05. The van der Waals surface area contributed by atoms with E-state index in [-0.39, 0.29) is 5.91 Å². The van der Waals surface area contributed by atoms with Crippen molar-refractivity contribution >= 4 is 28.9 Å². The molecule has 0 atom stereocenters. The van der Waals surface area contributed by atoms with Crippen molar-refractivity contribution in [3.8, 4) is 0 Å². The van der Waals surface area contributed by atoms with E-state index in [1.807, 2.05) is 64.1 Å². The molecule has 0 spiro atoms. The summed E-state index contributed by atoms with van der Waals surface area (Å²) in [6.07, 6.45) is 0. The number of thiocarbonyl (C=S) groups is 1. The van der Waals surface area contributed by atoms with Crippen molar-refractivity contribution < 1.29 is 4.79 Å². The molecule has 0 saturated heterocycles. The van der Waals surface area contributed by atoms with Crippen LogP contribution in [0.2, 0.25) is 0 Å². The van der Waals surface area contributed by atoms with Crippen LogP contribution in [0.15, 0.2) is 36.4 Å². The van der Waals surface area contributed by atoms with Gasteiger partial charge in [-0.1, -0.05) is 29.8 Å². The molecule has 2 N–H and O–H groups in total. The fourth-order valence-corrected chi connectivity index (χ4v) is 2.47. The van der Waals surface area contributed by atoms with Gasteiger partial charge in [-0.25, -0.2) is 0 Å². The van der Waals surface area contributed by atoms with Crippen molar-refractivity contribution in [2.75, 3.05) is 5.32 Å². The van der Waals surface area contributed by atoms with Crippen LogP contribution in [0.4, 0.5) is 5.69 Å². The number of hydrogen-bond donors (Lipinski definition) is 2. The molecule has 114 valence electrons. The van der Waals surface area contributed by atoms with Gasteiger partial charge in [0.2, 0.25) is 0 Å². The summed E-state index contributed by atoms with van der Waals surface area (Å²) >= 11 is 5.24. The molecule has 2 rings (SSSR count). The molecule has 2 aromatic carbocycles. The van der Waals surface area contributed by atoms with Crippen molar-refractivity contribution in [3.63, 3.8) is 0 Å². The molecule has 0 bridgehead atoms. The number of anilines is 1. The third-order valence-electron chi connectivity index (χ3n) is 3.49. The first kappa shape index (κ1) is 16.2. The van der Waals surface area contributed by atoms with Crippen LogP contribution in [0.3, 0.4) is 0 Å². The van der Waals surface area contributed by atoms with Crippen molar-refractivity contribution in [3.05, 3.63) is 64.2 Å². The summed E-state index contributed by atoms with van der Waals surface area (Å²) in [5.41, 5.74) is 5.82. The number of rotatable bonds is 2. The maximum Gasteiger partial charge on any atom is 0.257 e. The molecular formula is C18H20N2OS. The van der Waals surface area contributed by atoms with Gasteiger partial charge in [0, 0.05) is 11.3 Å². The molecule has 2 aromatic rings. The number of nitrogens with one attached hydrogen (secondary N) is 2. The van der Waals surface area contributed by atoms with Crippen LogP contribution >= 0.6 is 12.2 Å². The second-order valence-electron chi connectivity index (χ2n) is 5.54.